The zero-order chi connectivity index (χ0) is 14.1. The van der Waals surface area contributed by atoms with Crippen molar-refractivity contribution in [2.24, 2.45) is 5.92 Å². The van der Waals surface area contributed by atoms with Gasteiger partial charge in [0.25, 0.3) is 0 Å². The first-order valence-corrected chi connectivity index (χ1v) is 7.60. The minimum Gasteiger partial charge on any atom is -0.480 e. The van der Waals surface area contributed by atoms with E-state index >= 15 is 0 Å². The molecule has 0 aromatic carbocycles. The van der Waals surface area contributed by atoms with Gasteiger partial charge in [-0.05, 0) is 31.3 Å². The van der Waals surface area contributed by atoms with E-state index in [2.05, 4.69) is 10.6 Å². The smallest absolute Gasteiger partial charge is 0.326 e. The van der Waals surface area contributed by atoms with Gasteiger partial charge in [-0.1, -0.05) is 20.3 Å². The lowest BCUT2D eigenvalue weighted by atomic mass is 9.99. The molecule has 0 saturated heterocycles. The summed E-state index contributed by atoms with van der Waals surface area (Å²) in [5.74, 6) is -0.110. The highest BCUT2D eigenvalue weighted by atomic mass is 32.2. The van der Waals surface area contributed by atoms with Gasteiger partial charge in [-0.2, -0.15) is 11.8 Å². The van der Waals surface area contributed by atoms with Gasteiger partial charge in [0.15, 0.2) is 0 Å². The second-order valence-electron chi connectivity index (χ2n) is 4.50. The quantitative estimate of drug-likeness (QED) is 0.633. The average Bonchev–Trinajstić information content (AvgIpc) is 2.32. The summed E-state index contributed by atoms with van der Waals surface area (Å²) < 4.78 is 0. The lowest BCUT2D eigenvalue weighted by molar-refractivity contribution is -0.140. The van der Waals surface area contributed by atoms with Crippen molar-refractivity contribution < 1.29 is 14.7 Å². The van der Waals surface area contributed by atoms with Gasteiger partial charge in [-0.3, -0.25) is 0 Å². The molecule has 5 nitrogen and oxygen atoms in total. The maximum Gasteiger partial charge on any atom is 0.326 e. The van der Waals surface area contributed by atoms with E-state index in [1.54, 1.807) is 11.8 Å². The highest BCUT2D eigenvalue weighted by Crippen LogP contribution is 2.08. The molecule has 0 rings (SSSR count). The van der Waals surface area contributed by atoms with E-state index < -0.39 is 18.0 Å². The fraction of sp³-hybridized carbons (Fsp3) is 0.833. The zero-order valence-corrected chi connectivity index (χ0v) is 12.3. The molecule has 0 aliphatic carbocycles. The third kappa shape index (κ3) is 6.74. The largest absolute Gasteiger partial charge is 0.480 e. The third-order valence-electron chi connectivity index (χ3n) is 2.90. The number of thioether (sulfide) groups is 1. The summed E-state index contributed by atoms with van der Waals surface area (Å²) in [5.41, 5.74) is 0. The number of nitrogens with one attached hydrogen (secondary N) is 2. The summed E-state index contributed by atoms with van der Waals surface area (Å²) in [6, 6.07) is -1.19. The lowest BCUT2D eigenvalue weighted by Crippen LogP contribution is -2.51. The molecular weight excluding hydrogens is 252 g/mol. The molecule has 1 unspecified atom stereocenters. The molecule has 3 N–H and O–H groups in total. The number of rotatable bonds is 8. The lowest BCUT2D eigenvalue weighted by Gasteiger charge is -2.22. The van der Waals surface area contributed by atoms with Crippen LogP contribution in [0.5, 0.6) is 0 Å². The first-order chi connectivity index (χ1) is 8.42. The van der Waals surface area contributed by atoms with Crippen LogP contribution in [0.25, 0.3) is 0 Å². The summed E-state index contributed by atoms with van der Waals surface area (Å²) in [6.07, 6.45) is 3.59. The van der Waals surface area contributed by atoms with E-state index in [-0.39, 0.29) is 12.0 Å². The molecule has 0 aliphatic rings. The van der Waals surface area contributed by atoms with Crippen molar-refractivity contribution in [3.8, 4) is 0 Å². The number of amides is 2. The molecule has 0 aromatic heterocycles. The molecule has 0 bridgehead atoms. The first kappa shape index (κ1) is 17.1. The first-order valence-electron chi connectivity index (χ1n) is 6.21. The van der Waals surface area contributed by atoms with E-state index in [4.69, 9.17) is 5.11 Å². The Hall–Kier alpha value is -0.910. The van der Waals surface area contributed by atoms with Gasteiger partial charge in [0.1, 0.15) is 6.04 Å². The van der Waals surface area contributed by atoms with Crippen molar-refractivity contribution in [2.75, 3.05) is 12.0 Å². The van der Waals surface area contributed by atoms with Crippen LogP contribution in [-0.4, -0.2) is 41.2 Å². The van der Waals surface area contributed by atoms with E-state index in [0.29, 0.717) is 6.42 Å². The maximum absolute atomic E-state index is 11.7. The van der Waals surface area contributed by atoms with Crippen LogP contribution < -0.4 is 10.6 Å². The van der Waals surface area contributed by atoms with Gasteiger partial charge in [-0.15, -0.1) is 0 Å². The molecule has 0 aliphatic heterocycles. The van der Waals surface area contributed by atoms with Gasteiger partial charge >= 0.3 is 12.0 Å². The Labute approximate surface area is 113 Å². The van der Waals surface area contributed by atoms with Crippen LogP contribution >= 0.6 is 11.8 Å². The van der Waals surface area contributed by atoms with Gasteiger partial charge < -0.3 is 15.7 Å². The van der Waals surface area contributed by atoms with Crippen molar-refractivity contribution in [1.82, 2.24) is 10.6 Å². The molecule has 18 heavy (non-hydrogen) atoms. The zero-order valence-electron chi connectivity index (χ0n) is 11.5. The molecule has 3 atom stereocenters. The summed E-state index contributed by atoms with van der Waals surface area (Å²) in [6.45, 7) is 5.63. The minimum atomic E-state index is -0.990. The second kappa shape index (κ2) is 9.08. The number of carbonyl (C=O) groups excluding carboxylic acids is 1. The van der Waals surface area contributed by atoms with Crippen LogP contribution in [0.3, 0.4) is 0 Å². The van der Waals surface area contributed by atoms with Crippen LogP contribution in [-0.2, 0) is 4.79 Å². The Bertz CT molecular complexity index is 274. The summed E-state index contributed by atoms with van der Waals surface area (Å²) >= 11 is 1.72. The predicted octanol–water partition coefficient (Wildman–Crippen LogP) is 1.93. The Balaban J connectivity index is 4.21. The highest BCUT2D eigenvalue weighted by Gasteiger charge is 2.25. The van der Waals surface area contributed by atoms with Crippen molar-refractivity contribution >= 4 is 23.8 Å². The van der Waals surface area contributed by atoms with Crippen LogP contribution in [0.1, 0.15) is 33.6 Å². The predicted molar refractivity (Wildman–Crippen MR) is 75.0 cm³/mol. The fourth-order valence-electron chi connectivity index (χ4n) is 1.46. The van der Waals surface area contributed by atoms with Crippen LogP contribution in [0, 0.1) is 5.92 Å². The van der Waals surface area contributed by atoms with E-state index in [9.17, 15) is 9.59 Å². The van der Waals surface area contributed by atoms with Crippen LogP contribution in [0.4, 0.5) is 4.79 Å². The number of hydrogen-bond acceptors (Lipinski definition) is 3. The molecular formula is C12H24N2O3S. The Morgan fingerprint density at radius 3 is 2.33 bits per heavy atom. The number of carboxylic acid groups (broad SMARTS) is 1. The van der Waals surface area contributed by atoms with Crippen LogP contribution in [0.15, 0.2) is 0 Å². The molecule has 0 radical (unpaired) electrons. The third-order valence-corrected chi connectivity index (χ3v) is 3.54. The van der Waals surface area contributed by atoms with Crippen molar-refractivity contribution in [3.63, 3.8) is 0 Å². The molecule has 0 spiro atoms. The summed E-state index contributed by atoms with van der Waals surface area (Å²) in [5, 5.41) is 14.3. The number of urea groups is 1. The van der Waals surface area contributed by atoms with E-state index in [1.807, 2.05) is 27.0 Å². The molecule has 2 amide bonds. The minimum absolute atomic E-state index is 0.0452. The highest BCUT2D eigenvalue weighted by molar-refractivity contribution is 7.98. The Kier molecular flexibility index (Phi) is 8.62. The normalized spacial score (nSPS) is 15.6. The van der Waals surface area contributed by atoms with Crippen LogP contribution in [0.2, 0.25) is 0 Å². The van der Waals surface area contributed by atoms with Crippen molar-refractivity contribution in [2.45, 2.75) is 45.7 Å². The molecule has 0 heterocycles. The van der Waals surface area contributed by atoms with Gasteiger partial charge in [0.2, 0.25) is 0 Å². The average molecular weight is 276 g/mol. The molecule has 6 heteroatoms. The van der Waals surface area contributed by atoms with Gasteiger partial charge in [0.05, 0.1) is 0 Å². The standard InChI is InChI=1S/C12H24N2O3S/c1-5-8(2)10(11(15)16)14-12(17)13-9(3)6-7-18-4/h8-10H,5-7H2,1-4H3,(H,15,16)(H2,13,14,17)/t8-,9?,10-/m0/s1. The van der Waals surface area contributed by atoms with E-state index in [0.717, 1.165) is 12.2 Å². The number of hydrogen-bond donors (Lipinski definition) is 3. The summed E-state index contributed by atoms with van der Waals surface area (Å²) in [7, 11) is 0. The number of aliphatic carboxylic acids is 1. The number of carbonyl (C=O) groups is 2. The van der Waals surface area contributed by atoms with Crippen molar-refractivity contribution in [1.29, 1.82) is 0 Å². The van der Waals surface area contributed by atoms with E-state index in [1.165, 1.54) is 0 Å². The topological polar surface area (TPSA) is 78.4 Å². The SMILES string of the molecule is CC[C@H](C)[C@H](NC(=O)NC(C)CCSC)C(=O)O. The summed E-state index contributed by atoms with van der Waals surface area (Å²) in [4.78, 5) is 22.7. The van der Waals surface area contributed by atoms with Gasteiger partial charge in [-0.25, -0.2) is 9.59 Å². The Morgan fingerprint density at radius 1 is 1.28 bits per heavy atom. The number of carboxylic acids is 1. The van der Waals surface area contributed by atoms with Gasteiger partial charge in [0, 0.05) is 6.04 Å². The van der Waals surface area contributed by atoms with Crippen molar-refractivity contribution in [3.05, 3.63) is 0 Å². The Morgan fingerprint density at radius 2 is 1.89 bits per heavy atom. The fourth-order valence-corrected chi connectivity index (χ4v) is 2.05. The molecule has 0 saturated carbocycles. The molecule has 0 aromatic rings. The monoisotopic (exact) mass is 276 g/mol. The molecule has 0 fully saturated rings. The maximum atomic E-state index is 11.7. The molecule has 106 valence electrons. The second-order valence-corrected chi connectivity index (χ2v) is 5.49.